The summed E-state index contributed by atoms with van der Waals surface area (Å²) in [7, 11) is -3.39. The molecule has 0 heterocycles. The lowest BCUT2D eigenvalue weighted by Crippen LogP contribution is -2.41. The van der Waals surface area contributed by atoms with Gasteiger partial charge >= 0.3 is 0 Å². The molecule has 0 amide bonds. The molecule has 84 valence electrons. The number of thiocarbonyl (C=S) groups is 1. The normalized spacial score (nSPS) is 13.9. The summed E-state index contributed by atoms with van der Waals surface area (Å²) in [5.74, 6) is -0.136. The number of hydrogen-bond donors (Lipinski definition) is 3. The van der Waals surface area contributed by atoms with Crippen molar-refractivity contribution in [2.45, 2.75) is 20.3 Å². The molecule has 1 unspecified atom stereocenters. The molecule has 0 saturated carbocycles. The molecule has 0 radical (unpaired) electrons. The van der Waals surface area contributed by atoms with E-state index in [0.717, 1.165) is 6.42 Å². The molecule has 0 aliphatic carbocycles. The first kappa shape index (κ1) is 13.8. The van der Waals surface area contributed by atoms with Gasteiger partial charge in [-0.25, -0.2) is 9.44 Å². The third-order valence-electron chi connectivity index (χ3n) is 1.61. The molecule has 0 aliphatic rings. The fourth-order valence-corrected chi connectivity index (χ4v) is 1.75. The zero-order valence-corrected chi connectivity index (χ0v) is 10.0. The van der Waals surface area contributed by atoms with E-state index in [9.17, 15) is 8.42 Å². The van der Waals surface area contributed by atoms with E-state index in [1.807, 2.05) is 6.92 Å². The second kappa shape index (κ2) is 6.28. The van der Waals surface area contributed by atoms with Crippen molar-refractivity contribution in [1.82, 2.24) is 9.44 Å². The fourth-order valence-electron chi connectivity index (χ4n) is 0.623. The van der Waals surface area contributed by atoms with Gasteiger partial charge in [-0.3, -0.25) is 0 Å². The summed E-state index contributed by atoms with van der Waals surface area (Å²) in [6.45, 7) is 4.32. The topological polar surface area (TPSA) is 84.2 Å². The quantitative estimate of drug-likeness (QED) is 0.535. The smallest absolute Gasteiger partial charge is 0.276 e. The van der Waals surface area contributed by atoms with Crippen molar-refractivity contribution in [3.05, 3.63) is 0 Å². The molecule has 7 heteroatoms. The second-order valence-corrected chi connectivity index (χ2v) is 5.11. The van der Waals surface area contributed by atoms with Crippen LogP contribution < -0.4 is 15.2 Å². The Labute approximate surface area is 90.6 Å². The Morgan fingerprint density at radius 3 is 2.50 bits per heavy atom. The number of nitrogens with two attached hydrogens (primary N) is 1. The molecule has 0 aromatic carbocycles. The third kappa shape index (κ3) is 6.25. The van der Waals surface area contributed by atoms with Crippen molar-refractivity contribution in [1.29, 1.82) is 0 Å². The van der Waals surface area contributed by atoms with Crippen LogP contribution in [0, 0.1) is 5.92 Å². The van der Waals surface area contributed by atoms with Crippen LogP contribution >= 0.6 is 12.2 Å². The van der Waals surface area contributed by atoms with E-state index < -0.39 is 10.2 Å². The van der Waals surface area contributed by atoms with Gasteiger partial charge in [0, 0.05) is 19.0 Å². The maximum absolute atomic E-state index is 11.2. The summed E-state index contributed by atoms with van der Waals surface area (Å²) < 4.78 is 27.2. The predicted octanol–water partition coefficient (Wildman–Crippen LogP) is -0.257. The van der Waals surface area contributed by atoms with E-state index in [4.69, 9.17) is 18.0 Å². The first-order valence-corrected chi connectivity index (χ1v) is 6.31. The van der Waals surface area contributed by atoms with Crippen LogP contribution in [0.15, 0.2) is 0 Å². The molecule has 0 aromatic rings. The van der Waals surface area contributed by atoms with E-state index in [-0.39, 0.29) is 12.5 Å². The molecular weight excluding hydrogens is 222 g/mol. The molecule has 0 spiro atoms. The highest BCUT2D eigenvalue weighted by Crippen LogP contribution is 1.93. The maximum Gasteiger partial charge on any atom is 0.276 e. The number of rotatable bonds is 7. The van der Waals surface area contributed by atoms with Crippen molar-refractivity contribution in [2.24, 2.45) is 11.7 Å². The Hall–Kier alpha value is -0.240. The summed E-state index contributed by atoms with van der Waals surface area (Å²) in [5.41, 5.74) is 5.34. The van der Waals surface area contributed by atoms with Gasteiger partial charge in [-0.05, 0) is 6.42 Å². The van der Waals surface area contributed by atoms with Gasteiger partial charge < -0.3 is 5.73 Å². The summed E-state index contributed by atoms with van der Waals surface area (Å²) in [5, 5.41) is 0. The Morgan fingerprint density at radius 2 is 2.07 bits per heavy atom. The summed E-state index contributed by atoms with van der Waals surface area (Å²) in [4.78, 5) is 0.309. The molecule has 14 heavy (non-hydrogen) atoms. The van der Waals surface area contributed by atoms with Gasteiger partial charge in [0.1, 0.15) is 0 Å². The molecule has 5 nitrogen and oxygen atoms in total. The Kier molecular flexibility index (Phi) is 6.17. The first-order valence-electron chi connectivity index (χ1n) is 4.42. The highest BCUT2D eigenvalue weighted by molar-refractivity contribution is 7.87. The summed E-state index contributed by atoms with van der Waals surface area (Å²) >= 11 is 4.72. The Balaban J connectivity index is 3.93. The standard InChI is InChI=1S/C7H17N3O2S2/c1-3-4-9-14(11,12)10-5-6(2)7(8)13/h6,9-10H,3-5H2,1-2H3,(H2,8,13). The van der Waals surface area contributed by atoms with Crippen LogP contribution in [0.4, 0.5) is 0 Å². The lowest BCUT2D eigenvalue weighted by molar-refractivity contribution is 0.559. The Bertz CT molecular complexity index is 277. The largest absolute Gasteiger partial charge is 0.393 e. The molecule has 4 N–H and O–H groups in total. The number of nitrogens with one attached hydrogen (secondary N) is 2. The zero-order valence-electron chi connectivity index (χ0n) is 8.41. The van der Waals surface area contributed by atoms with Gasteiger partial charge in [-0.2, -0.15) is 8.42 Å². The first-order chi connectivity index (χ1) is 6.39. The van der Waals surface area contributed by atoms with Gasteiger partial charge in [-0.15, -0.1) is 0 Å². The van der Waals surface area contributed by atoms with Crippen LogP contribution in [-0.2, 0) is 10.2 Å². The lowest BCUT2D eigenvalue weighted by Gasteiger charge is -2.11. The molecule has 0 bridgehead atoms. The Morgan fingerprint density at radius 1 is 1.50 bits per heavy atom. The van der Waals surface area contributed by atoms with Crippen LogP contribution in [0.5, 0.6) is 0 Å². The van der Waals surface area contributed by atoms with Gasteiger partial charge in [0.05, 0.1) is 4.99 Å². The predicted molar refractivity (Wildman–Crippen MR) is 61.2 cm³/mol. The highest BCUT2D eigenvalue weighted by Gasteiger charge is 2.11. The second-order valence-electron chi connectivity index (χ2n) is 3.05. The van der Waals surface area contributed by atoms with E-state index in [0.29, 0.717) is 11.5 Å². The average molecular weight is 239 g/mol. The van der Waals surface area contributed by atoms with Crippen LogP contribution in [0.25, 0.3) is 0 Å². The minimum atomic E-state index is -3.39. The summed E-state index contributed by atoms with van der Waals surface area (Å²) in [6.07, 6.45) is 0.756. The number of hydrogen-bond acceptors (Lipinski definition) is 3. The molecule has 0 aromatic heterocycles. The van der Waals surface area contributed by atoms with Crippen molar-refractivity contribution < 1.29 is 8.42 Å². The van der Waals surface area contributed by atoms with E-state index in [1.165, 1.54) is 0 Å². The van der Waals surface area contributed by atoms with E-state index in [2.05, 4.69) is 9.44 Å². The van der Waals surface area contributed by atoms with Gasteiger partial charge in [0.2, 0.25) is 0 Å². The van der Waals surface area contributed by atoms with Gasteiger partial charge in [-0.1, -0.05) is 26.1 Å². The van der Waals surface area contributed by atoms with Gasteiger partial charge in [0.25, 0.3) is 10.2 Å². The van der Waals surface area contributed by atoms with E-state index in [1.54, 1.807) is 6.92 Å². The average Bonchev–Trinajstić information content (AvgIpc) is 2.11. The van der Waals surface area contributed by atoms with Crippen LogP contribution in [0.3, 0.4) is 0 Å². The van der Waals surface area contributed by atoms with E-state index >= 15 is 0 Å². The van der Waals surface area contributed by atoms with Crippen LogP contribution in [0.1, 0.15) is 20.3 Å². The third-order valence-corrected chi connectivity index (χ3v) is 3.14. The maximum atomic E-state index is 11.2. The minimum absolute atomic E-state index is 0.136. The molecule has 0 fully saturated rings. The van der Waals surface area contributed by atoms with Crippen molar-refractivity contribution in [3.8, 4) is 0 Å². The monoisotopic (exact) mass is 239 g/mol. The van der Waals surface area contributed by atoms with Crippen molar-refractivity contribution >= 4 is 27.4 Å². The summed E-state index contributed by atoms with van der Waals surface area (Å²) in [6, 6.07) is 0. The van der Waals surface area contributed by atoms with Crippen molar-refractivity contribution in [2.75, 3.05) is 13.1 Å². The lowest BCUT2D eigenvalue weighted by atomic mass is 10.2. The SMILES string of the molecule is CCCNS(=O)(=O)NCC(C)C(N)=S. The van der Waals surface area contributed by atoms with Crippen molar-refractivity contribution in [3.63, 3.8) is 0 Å². The molecule has 0 aliphatic heterocycles. The van der Waals surface area contributed by atoms with Crippen LogP contribution in [0.2, 0.25) is 0 Å². The zero-order chi connectivity index (χ0) is 11.2. The van der Waals surface area contributed by atoms with Gasteiger partial charge in [0.15, 0.2) is 0 Å². The molecule has 1 atom stereocenters. The molecule has 0 rings (SSSR count). The molecule has 0 saturated heterocycles. The van der Waals surface area contributed by atoms with Crippen LogP contribution in [-0.4, -0.2) is 26.5 Å². The fraction of sp³-hybridized carbons (Fsp3) is 0.857. The highest BCUT2D eigenvalue weighted by atomic mass is 32.2. The minimum Gasteiger partial charge on any atom is -0.393 e. The molecular formula is C7H17N3O2S2.